The van der Waals surface area contributed by atoms with Crippen molar-refractivity contribution in [3.05, 3.63) is 57.3 Å². The maximum Gasteiger partial charge on any atom is 0.329 e. The highest BCUT2D eigenvalue weighted by Crippen LogP contribution is 2.24. The largest absolute Gasteiger partial charge is 0.454 e. The Morgan fingerprint density at radius 3 is 2.29 bits per heavy atom. The van der Waals surface area contributed by atoms with Crippen LogP contribution in [-0.2, 0) is 20.9 Å². The molecule has 7 nitrogen and oxygen atoms in total. The normalized spacial score (nSPS) is 14.0. The highest BCUT2D eigenvalue weighted by Gasteiger charge is 2.41. The Hall–Kier alpha value is -3.00. The van der Waals surface area contributed by atoms with E-state index in [4.69, 9.17) is 4.74 Å². The zero-order valence-corrected chi connectivity index (χ0v) is 16.6. The second kappa shape index (κ2) is 7.93. The number of benzene rings is 1. The maximum atomic E-state index is 12.4. The number of ether oxygens (including phenoxy) is 1. The van der Waals surface area contributed by atoms with E-state index >= 15 is 0 Å². The van der Waals surface area contributed by atoms with E-state index < -0.39 is 30.4 Å². The van der Waals surface area contributed by atoms with Crippen molar-refractivity contribution in [2.75, 3.05) is 13.7 Å². The smallest absolute Gasteiger partial charge is 0.329 e. The molecule has 0 saturated heterocycles. The summed E-state index contributed by atoms with van der Waals surface area (Å²) in [4.78, 5) is 52.8. The van der Waals surface area contributed by atoms with Crippen molar-refractivity contribution in [1.29, 1.82) is 0 Å². The predicted molar refractivity (Wildman–Crippen MR) is 103 cm³/mol. The van der Waals surface area contributed by atoms with Gasteiger partial charge in [-0.05, 0) is 43.0 Å². The molecular formula is C20H20N2O5S. The molecule has 1 aliphatic heterocycles. The van der Waals surface area contributed by atoms with Crippen LogP contribution in [-0.4, -0.2) is 53.2 Å². The van der Waals surface area contributed by atoms with Crippen molar-refractivity contribution in [2.24, 2.45) is 0 Å². The number of hydrogen-bond acceptors (Lipinski definition) is 6. The molecule has 0 N–H and O–H groups in total. The van der Waals surface area contributed by atoms with Gasteiger partial charge in [0.15, 0.2) is 6.61 Å². The summed E-state index contributed by atoms with van der Waals surface area (Å²) in [5.74, 6) is -2.25. The van der Waals surface area contributed by atoms with Gasteiger partial charge in [0.25, 0.3) is 17.7 Å². The summed E-state index contributed by atoms with van der Waals surface area (Å²) in [6.45, 7) is 3.35. The Labute approximate surface area is 166 Å². The molecule has 8 heteroatoms. The lowest BCUT2D eigenvalue weighted by molar-refractivity contribution is -0.154. The minimum absolute atomic E-state index is 0.259. The van der Waals surface area contributed by atoms with Crippen LogP contribution in [0.15, 0.2) is 35.7 Å². The predicted octanol–water partition coefficient (Wildman–Crippen LogP) is 2.24. The third kappa shape index (κ3) is 3.68. The second-order valence-electron chi connectivity index (χ2n) is 6.59. The average Bonchev–Trinajstić information content (AvgIpc) is 3.20. The fourth-order valence-corrected chi connectivity index (χ4v) is 3.86. The average molecular weight is 400 g/mol. The van der Waals surface area contributed by atoms with Gasteiger partial charge in [0, 0.05) is 11.9 Å². The van der Waals surface area contributed by atoms with E-state index in [1.165, 1.54) is 11.8 Å². The number of esters is 1. The molecule has 2 aromatic rings. The molecule has 1 atom stereocenters. The van der Waals surface area contributed by atoms with Gasteiger partial charge in [0.1, 0.15) is 6.04 Å². The van der Waals surface area contributed by atoms with Crippen LogP contribution in [0, 0.1) is 6.92 Å². The van der Waals surface area contributed by atoms with E-state index in [0.717, 1.165) is 15.3 Å². The first-order valence-electron chi connectivity index (χ1n) is 8.71. The van der Waals surface area contributed by atoms with Gasteiger partial charge in [-0.1, -0.05) is 12.1 Å². The van der Waals surface area contributed by atoms with Crippen molar-refractivity contribution in [1.82, 2.24) is 9.80 Å². The summed E-state index contributed by atoms with van der Waals surface area (Å²) in [6, 6.07) is 7.24. The number of imide groups is 1. The third-order valence-electron chi connectivity index (χ3n) is 4.67. The Balaban J connectivity index is 1.58. The molecule has 3 amide bonds. The van der Waals surface area contributed by atoms with Gasteiger partial charge >= 0.3 is 5.97 Å². The molecule has 0 bridgehead atoms. The van der Waals surface area contributed by atoms with Crippen molar-refractivity contribution >= 4 is 35.0 Å². The van der Waals surface area contributed by atoms with Crippen LogP contribution in [0.3, 0.4) is 0 Å². The first kappa shape index (κ1) is 19.8. The topological polar surface area (TPSA) is 84.0 Å². The molecule has 1 aliphatic rings. The summed E-state index contributed by atoms with van der Waals surface area (Å²) < 4.78 is 5.07. The lowest BCUT2D eigenvalue weighted by Gasteiger charge is -2.22. The molecule has 0 radical (unpaired) electrons. The minimum atomic E-state index is -1.12. The van der Waals surface area contributed by atoms with E-state index in [9.17, 15) is 19.2 Å². The highest BCUT2D eigenvalue weighted by atomic mass is 32.1. The fourth-order valence-electron chi connectivity index (χ4n) is 2.90. The van der Waals surface area contributed by atoms with E-state index in [1.807, 2.05) is 18.4 Å². The first-order chi connectivity index (χ1) is 13.3. The number of rotatable bonds is 6. The second-order valence-corrected chi connectivity index (χ2v) is 7.59. The number of fused-ring (bicyclic) bond motifs is 1. The first-order valence-corrected chi connectivity index (χ1v) is 9.59. The molecule has 0 saturated carbocycles. The zero-order chi connectivity index (χ0) is 20.4. The van der Waals surface area contributed by atoms with Gasteiger partial charge in [-0.2, -0.15) is 0 Å². The van der Waals surface area contributed by atoms with Gasteiger partial charge in [-0.25, -0.2) is 4.79 Å². The molecule has 2 heterocycles. The van der Waals surface area contributed by atoms with E-state index in [2.05, 4.69) is 0 Å². The van der Waals surface area contributed by atoms with Crippen molar-refractivity contribution < 1.29 is 23.9 Å². The third-order valence-corrected chi connectivity index (χ3v) is 5.67. The van der Waals surface area contributed by atoms with Crippen LogP contribution in [0.25, 0.3) is 0 Å². The van der Waals surface area contributed by atoms with Crippen molar-refractivity contribution in [3.8, 4) is 0 Å². The molecule has 1 aromatic heterocycles. The molecule has 0 unspecified atom stereocenters. The summed E-state index contributed by atoms with van der Waals surface area (Å²) in [5.41, 5.74) is 1.62. The standard InChI is InChI=1S/C20H20N2O5S/c1-12-8-9-28-16(12)10-21(3)17(23)11-27-20(26)13(2)22-18(24)14-6-4-5-7-15(14)19(22)25/h4-9,13H,10-11H2,1-3H3/t13-/m1/s1. The monoisotopic (exact) mass is 400 g/mol. The summed E-state index contributed by atoms with van der Waals surface area (Å²) in [7, 11) is 1.63. The number of thiophene rings is 1. The summed E-state index contributed by atoms with van der Waals surface area (Å²) in [5, 5.41) is 1.95. The number of amides is 3. The van der Waals surface area contributed by atoms with E-state index in [0.29, 0.717) is 6.54 Å². The molecule has 0 spiro atoms. The lowest BCUT2D eigenvalue weighted by Crippen LogP contribution is -2.44. The van der Waals surface area contributed by atoms with Crippen LogP contribution < -0.4 is 0 Å². The summed E-state index contributed by atoms with van der Waals surface area (Å²) >= 11 is 1.55. The molecule has 0 fully saturated rings. The molecule has 146 valence electrons. The van der Waals surface area contributed by atoms with Crippen LogP contribution in [0.1, 0.15) is 38.1 Å². The van der Waals surface area contributed by atoms with Crippen LogP contribution in [0.5, 0.6) is 0 Å². The minimum Gasteiger partial charge on any atom is -0.454 e. The number of nitrogens with zero attached hydrogens (tertiary/aromatic N) is 2. The van der Waals surface area contributed by atoms with Gasteiger partial charge in [-0.3, -0.25) is 19.3 Å². The SMILES string of the molecule is Cc1ccsc1CN(C)C(=O)COC(=O)[C@@H](C)N1C(=O)c2ccccc2C1=O. The van der Waals surface area contributed by atoms with Gasteiger partial charge in [-0.15, -0.1) is 11.3 Å². The van der Waals surface area contributed by atoms with Crippen LogP contribution >= 0.6 is 11.3 Å². The Bertz CT molecular complexity index is 917. The fraction of sp³-hybridized carbons (Fsp3) is 0.300. The molecule has 0 aliphatic carbocycles. The Kier molecular flexibility index (Phi) is 5.60. The lowest BCUT2D eigenvalue weighted by atomic mass is 10.1. The van der Waals surface area contributed by atoms with Gasteiger partial charge in [0.05, 0.1) is 17.7 Å². The van der Waals surface area contributed by atoms with Crippen molar-refractivity contribution in [3.63, 3.8) is 0 Å². The number of aryl methyl sites for hydroxylation is 1. The zero-order valence-electron chi connectivity index (χ0n) is 15.8. The number of hydrogen-bond donors (Lipinski definition) is 0. The van der Waals surface area contributed by atoms with Crippen molar-refractivity contribution in [2.45, 2.75) is 26.4 Å². The van der Waals surface area contributed by atoms with Crippen LogP contribution in [0.2, 0.25) is 0 Å². The molecule has 1 aromatic carbocycles. The number of carbonyl (C=O) groups is 4. The molecule has 3 rings (SSSR count). The van der Waals surface area contributed by atoms with Gasteiger partial charge < -0.3 is 9.64 Å². The molecular weight excluding hydrogens is 380 g/mol. The highest BCUT2D eigenvalue weighted by molar-refractivity contribution is 7.10. The van der Waals surface area contributed by atoms with Gasteiger partial charge in [0.2, 0.25) is 0 Å². The Morgan fingerprint density at radius 2 is 1.75 bits per heavy atom. The molecule has 28 heavy (non-hydrogen) atoms. The number of carbonyl (C=O) groups excluding carboxylic acids is 4. The number of likely N-dealkylation sites (N-methyl/N-ethyl adjacent to an activating group) is 1. The Morgan fingerprint density at radius 1 is 1.14 bits per heavy atom. The maximum absolute atomic E-state index is 12.4. The summed E-state index contributed by atoms with van der Waals surface area (Å²) in [6.07, 6.45) is 0. The quantitative estimate of drug-likeness (QED) is 0.549. The van der Waals surface area contributed by atoms with E-state index in [-0.39, 0.29) is 17.0 Å². The van der Waals surface area contributed by atoms with Crippen LogP contribution in [0.4, 0.5) is 0 Å². The van der Waals surface area contributed by atoms with E-state index in [1.54, 1.807) is 42.6 Å².